The summed E-state index contributed by atoms with van der Waals surface area (Å²) in [5.74, 6) is 1.81. The number of aryl methyl sites for hydroxylation is 1. The summed E-state index contributed by atoms with van der Waals surface area (Å²) in [5.41, 5.74) is 3.31. The molecule has 0 atom stereocenters. The number of carbonyl (C=O) groups is 1. The van der Waals surface area contributed by atoms with Gasteiger partial charge in [-0.3, -0.25) is 15.1 Å². The highest BCUT2D eigenvalue weighted by Crippen LogP contribution is 2.30. The van der Waals surface area contributed by atoms with Crippen molar-refractivity contribution < 1.29 is 13.9 Å². The number of aromatic nitrogens is 3. The van der Waals surface area contributed by atoms with Gasteiger partial charge >= 0.3 is 0 Å². The molecule has 1 saturated heterocycles. The minimum absolute atomic E-state index is 0.119. The molecule has 1 aliphatic rings. The van der Waals surface area contributed by atoms with E-state index in [1.54, 1.807) is 44.8 Å². The number of ether oxygens (including phenoxy) is 1. The average Bonchev–Trinajstić information content (AvgIpc) is 3.31. The third kappa shape index (κ3) is 5.38. The summed E-state index contributed by atoms with van der Waals surface area (Å²) in [6.07, 6.45) is 3.35. The van der Waals surface area contributed by atoms with Crippen LogP contribution >= 0.6 is 0 Å². The fourth-order valence-corrected chi connectivity index (χ4v) is 4.25. The van der Waals surface area contributed by atoms with Gasteiger partial charge in [0.25, 0.3) is 5.91 Å². The predicted octanol–water partition coefficient (Wildman–Crippen LogP) is 3.32. The summed E-state index contributed by atoms with van der Waals surface area (Å²) in [5, 5.41) is 12.0. The van der Waals surface area contributed by atoms with Crippen molar-refractivity contribution in [2.24, 2.45) is 0 Å². The Hall–Kier alpha value is -3.79. The molecule has 0 spiro atoms. The Morgan fingerprint density at radius 1 is 1.19 bits per heavy atom. The molecular weight excluding hydrogens is 458 g/mol. The SMILES string of the molecule is CNc1cc(OC)c(C(=O)N2CCN(Cc3coc(C)n3)CC2)cc1C(=N)c1ccnc(C(C)C)n1. The highest BCUT2D eigenvalue weighted by Gasteiger charge is 2.27. The summed E-state index contributed by atoms with van der Waals surface area (Å²) >= 11 is 0. The van der Waals surface area contributed by atoms with E-state index in [4.69, 9.17) is 14.6 Å². The summed E-state index contributed by atoms with van der Waals surface area (Å²) in [6.45, 7) is 9.18. The molecular formula is C26H33N7O3. The van der Waals surface area contributed by atoms with E-state index in [0.29, 0.717) is 59.6 Å². The molecule has 10 nitrogen and oxygen atoms in total. The van der Waals surface area contributed by atoms with E-state index in [2.05, 4.69) is 25.2 Å². The normalized spacial score (nSPS) is 14.2. The van der Waals surface area contributed by atoms with E-state index in [-0.39, 0.29) is 17.5 Å². The van der Waals surface area contributed by atoms with Gasteiger partial charge in [0.1, 0.15) is 17.8 Å². The fraction of sp³-hybridized carbons (Fsp3) is 0.423. The molecule has 0 saturated carbocycles. The number of anilines is 1. The number of methoxy groups -OCH3 is 1. The molecule has 1 amide bonds. The second kappa shape index (κ2) is 10.9. The number of amides is 1. The van der Waals surface area contributed by atoms with E-state index in [0.717, 1.165) is 18.8 Å². The lowest BCUT2D eigenvalue weighted by atomic mass is 9.99. The first-order valence-corrected chi connectivity index (χ1v) is 12.0. The van der Waals surface area contributed by atoms with E-state index < -0.39 is 0 Å². The monoisotopic (exact) mass is 491 g/mol. The lowest BCUT2D eigenvalue weighted by Gasteiger charge is -2.34. The molecule has 1 fully saturated rings. The minimum atomic E-state index is -0.119. The highest BCUT2D eigenvalue weighted by molar-refractivity contribution is 6.14. The van der Waals surface area contributed by atoms with Crippen LogP contribution in [-0.4, -0.2) is 76.7 Å². The fourth-order valence-electron chi connectivity index (χ4n) is 4.25. The third-order valence-corrected chi connectivity index (χ3v) is 6.27. The van der Waals surface area contributed by atoms with Crippen LogP contribution in [0.4, 0.5) is 5.69 Å². The van der Waals surface area contributed by atoms with E-state index >= 15 is 0 Å². The maximum atomic E-state index is 13.6. The standard InChI is InChI=1S/C26H33N7O3/c1-16(2)25-29-7-6-21(31-25)24(27)19-12-20(23(35-5)13-22(19)28-4)26(34)33-10-8-32(9-11-33)14-18-15-36-17(3)30-18/h6-7,12-13,15-16,27-28H,8-11,14H2,1-5H3. The maximum Gasteiger partial charge on any atom is 0.257 e. The largest absolute Gasteiger partial charge is 0.496 e. The predicted molar refractivity (Wildman–Crippen MR) is 137 cm³/mol. The molecule has 190 valence electrons. The number of benzene rings is 1. The first-order chi connectivity index (χ1) is 17.3. The van der Waals surface area contributed by atoms with Gasteiger partial charge in [-0.05, 0) is 12.1 Å². The highest BCUT2D eigenvalue weighted by atomic mass is 16.5. The lowest BCUT2D eigenvalue weighted by molar-refractivity contribution is 0.0624. The Kier molecular flexibility index (Phi) is 7.64. The van der Waals surface area contributed by atoms with Crippen LogP contribution < -0.4 is 10.1 Å². The first kappa shape index (κ1) is 25.3. The van der Waals surface area contributed by atoms with Gasteiger partial charge in [0, 0.05) is 76.1 Å². The number of rotatable bonds is 8. The van der Waals surface area contributed by atoms with Crippen LogP contribution in [0.5, 0.6) is 5.75 Å². The summed E-state index contributed by atoms with van der Waals surface area (Å²) in [7, 11) is 3.33. The molecule has 0 bridgehead atoms. The maximum absolute atomic E-state index is 13.6. The zero-order valence-corrected chi connectivity index (χ0v) is 21.5. The second-order valence-electron chi connectivity index (χ2n) is 9.10. The molecule has 2 aromatic heterocycles. The van der Waals surface area contributed by atoms with Crippen LogP contribution in [0.2, 0.25) is 0 Å². The topological polar surface area (TPSA) is 120 Å². The quantitative estimate of drug-likeness (QED) is 0.461. The van der Waals surface area contributed by atoms with Crippen LogP contribution in [0.1, 0.15) is 58.8 Å². The Bertz CT molecular complexity index is 1250. The number of oxazole rings is 1. The van der Waals surface area contributed by atoms with E-state index in [1.807, 2.05) is 25.7 Å². The molecule has 36 heavy (non-hydrogen) atoms. The summed E-state index contributed by atoms with van der Waals surface area (Å²) in [4.78, 5) is 30.9. The zero-order chi connectivity index (χ0) is 25.8. The van der Waals surface area contributed by atoms with Crippen LogP contribution in [0.15, 0.2) is 35.1 Å². The Labute approximate surface area is 211 Å². The van der Waals surface area contributed by atoms with Crippen LogP contribution in [-0.2, 0) is 6.54 Å². The molecule has 2 N–H and O–H groups in total. The van der Waals surface area contributed by atoms with Crippen molar-refractivity contribution in [3.8, 4) is 5.75 Å². The zero-order valence-electron chi connectivity index (χ0n) is 21.5. The molecule has 0 aliphatic carbocycles. The Morgan fingerprint density at radius 3 is 2.56 bits per heavy atom. The molecule has 0 unspecified atom stereocenters. The Balaban J connectivity index is 1.56. The van der Waals surface area contributed by atoms with Gasteiger partial charge in [0.05, 0.1) is 29.8 Å². The summed E-state index contributed by atoms with van der Waals surface area (Å²) in [6, 6.07) is 5.22. The van der Waals surface area contributed by atoms with Gasteiger partial charge in [-0.15, -0.1) is 0 Å². The molecule has 1 aromatic carbocycles. The molecule has 3 heterocycles. The molecule has 10 heteroatoms. The molecule has 1 aliphatic heterocycles. The second-order valence-corrected chi connectivity index (χ2v) is 9.10. The number of hydrogen-bond acceptors (Lipinski definition) is 9. The van der Waals surface area contributed by atoms with Crippen molar-refractivity contribution in [1.82, 2.24) is 24.8 Å². The van der Waals surface area contributed by atoms with Gasteiger partial charge in [-0.25, -0.2) is 15.0 Å². The third-order valence-electron chi connectivity index (χ3n) is 6.27. The Morgan fingerprint density at radius 2 is 1.94 bits per heavy atom. The number of hydrogen-bond donors (Lipinski definition) is 2. The van der Waals surface area contributed by atoms with Crippen LogP contribution in [0.3, 0.4) is 0 Å². The smallest absolute Gasteiger partial charge is 0.257 e. The lowest BCUT2D eigenvalue weighted by Crippen LogP contribution is -2.48. The van der Waals surface area contributed by atoms with Gasteiger partial charge < -0.3 is 19.4 Å². The van der Waals surface area contributed by atoms with Crippen molar-refractivity contribution >= 4 is 17.3 Å². The average molecular weight is 492 g/mol. The van der Waals surface area contributed by atoms with Gasteiger partial charge in [-0.2, -0.15) is 0 Å². The number of nitrogens with one attached hydrogen (secondary N) is 2. The van der Waals surface area contributed by atoms with Crippen molar-refractivity contribution in [2.75, 3.05) is 45.7 Å². The van der Waals surface area contributed by atoms with Crippen molar-refractivity contribution in [3.63, 3.8) is 0 Å². The summed E-state index contributed by atoms with van der Waals surface area (Å²) < 4.78 is 10.9. The van der Waals surface area contributed by atoms with E-state index in [9.17, 15) is 4.79 Å². The van der Waals surface area contributed by atoms with E-state index in [1.165, 1.54) is 0 Å². The van der Waals surface area contributed by atoms with Crippen molar-refractivity contribution in [3.05, 3.63) is 64.9 Å². The van der Waals surface area contributed by atoms with Crippen LogP contribution in [0.25, 0.3) is 0 Å². The van der Waals surface area contributed by atoms with Gasteiger partial charge in [0.15, 0.2) is 5.89 Å². The van der Waals surface area contributed by atoms with Gasteiger partial charge in [0.2, 0.25) is 0 Å². The van der Waals surface area contributed by atoms with Crippen molar-refractivity contribution in [2.45, 2.75) is 33.2 Å². The van der Waals surface area contributed by atoms with Gasteiger partial charge in [-0.1, -0.05) is 13.8 Å². The minimum Gasteiger partial charge on any atom is -0.496 e. The van der Waals surface area contributed by atoms with Crippen LogP contribution in [0, 0.1) is 12.3 Å². The first-order valence-electron chi connectivity index (χ1n) is 12.0. The molecule has 4 rings (SSSR count). The number of nitrogens with zero attached hydrogens (tertiary/aromatic N) is 5. The van der Waals surface area contributed by atoms with Crippen molar-refractivity contribution in [1.29, 1.82) is 5.41 Å². The number of carbonyl (C=O) groups excluding carboxylic acids is 1. The molecule has 0 radical (unpaired) electrons. The molecule has 3 aromatic rings. The number of piperazine rings is 1.